The number of ether oxygens (including phenoxy) is 1. The van der Waals surface area contributed by atoms with Crippen LogP contribution in [0.15, 0.2) is 22.9 Å². The first-order chi connectivity index (χ1) is 8.84. The molecule has 0 unspecified atom stereocenters. The molecular weight excluding hydrogens is 272 g/mol. The monoisotopic (exact) mass is 294 g/mol. The zero-order chi connectivity index (χ0) is 15.0. The van der Waals surface area contributed by atoms with Crippen molar-refractivity contribution in [2.45, 2.75) is 51.6 Å². The molecule has 0 aromatic rings. The summed E-state index contributed by atoms with van der Waals surface area (Å²) in [6.07, 6.45) is -0.709. The lowest BCUT2D eigenvalue weighted by Crippen LogP contribution is -2.45. The summed E-state index contributed by atoms with van der Waals surface area (Å²) in [7, 11) is 0. The van der Waals surface area contributed by atoms with Gasteiger partial charge in [-0.05, 0) is 26.3 Å². The highest BCUT2D eigenvalue weighted by Crippen LogP contribution is 2.17. The number of hydrogen-bond donors (Lipinski definition) is 4. The van der Waals surface area contributed by atoms with Gasteiger partial charge in [0.1, 0.15) is 24.1 Å². The van der Waals surface area contributed by atoms with Crippen molar-refractivity contribution in [1.82, 2.24) is 0 Å². The summed E-state index contributed by atoms with van der Waals surface area (Å²) in [6, 6.07) is 0. The van der Waals surface area contributed by atoms with E-state index in [0.717, 1.165) is 6.42 Å². The minimum Gasteiger partial charge on any atom is -0.488 e. The first-order valence-electron chi connectivity index (χ1n) is 6.19. The van der Waals surface area contributed by atoms with E-state index in [1.165, 1.54) is 6.92 Å². The summed E-state index contributed by atoms with van der Waals surface area (Å²) >= 11 is 5.95. The van der Waals surface area contributed by atoms with Gasteiger partial charge in [0.2, 0.25) is 0 Å². The molecular formula is C13H23ClO5. The molecule has 5 nitrogen and oxygen atoms in total. The Morgan fingerprint density at radius 1 is 1.26 bits per heavy atom. The number of aliphatic hydroxyl groups is 4. The van der Waals surface area contributed by atoms with Crippen molar-refractivity contribution >= 4 is 11.6 Å². The lowest BCUT2D eigenvalue weighted by atomic mass is 10.0. The summed E-state index contributed by atoms with van der Waals surface area (Å²) in [5, 5.41) is 38.0. The van der Waals surface area contributed by atoms with Crippen molar-refractivity contribution < 1.29 is 25.2 Å². The molecule has 0 spiro atoms. The highest BCUT2D eigenvalue weighted by atomic mass is 35.5. The van der Waals surface area contributed by atoms with Crippen LogP contribution in [-0.4, -0.2) is 51.4 Å². The van der Waals surface area contributed by atoms with Crippen LogP contribution in [0.5, 0.6) is 0 Å². The van der Waals surface area contributed by atoms with E-state index in [2.05, 4.69) is 0 Å². The topological polar surface area (TPSA) is 90.2 Å². The maximum atomic E-state index is 9.78. The average Bonchev–Trinajstić information content (AvgIpc) is 2.39. The number of aliphatic hydroxyl groups excluding tert-OH is 4. The van der Waals surface area contributed by atoms with Crippen LogP contribution in [0.4, 0.5) is 0 Å². The van der Waals surface area contributed by atoms with E-state index in [4.69, 9.17) is 16.3 Å². The Morgan fingerprint density at radius 2 is 1.84 bits per heavy atom. The molecule has 0 saturated carbocycles. The van der Waals surface area contributed by atoms with Gasteiger partial charge < -0.3 is 25.2 Å². The van der Waals surface area contributed by atoms with E-state index >= 15 is 0 Å². The quantitative estimate of drug-likeness (QED) is 0.394. The summed E-state index contributed by atoms with van der Waals surface area (Å²) in [5.74, 6) is 0.322. The van der Waals surface area contributed by atoms with Crippen LogP contribution < -0.4 is 0 Å². The Kier molecular flexibility index (Phi) is 9.05. The smallest absolute Gasteiger partial charge is 0.150 e. The highest BCUT2D eigenvalue weighted by molar-refractivity contribution is 6.31. The summed E-state index contributed by atoms with van der Waals surface area (Å²) in [6.45, 7) is 4.37. The van der Waals surface area contributed by atoms with Crippen molar-refractivity contribution in [3.05, 3.63) is 22.9 Å². The molecule has 0 aromatic carbocycles. The number of halogens is 1. The molecule has 4 atom stereocenters. The van der Waals surface area contributed by atoms with Crippen molar-refractivity contribution in [1.29, 1.82) is 0 Å². The zero-order valence-corrected chi connectivity index (χ0v) is 12.2. The predicted octanol–water partition coefficient (Wildman–Crippen LogP) is 0.903. The SMILES string of the molecule is CC/C=C\C(Cl)=C(\C)O[C@H](CO)[C@@H](O)[C@H](O)[C@H](C)O. The van der Waals surface area contributed by atoms with Gasteiger partial charge in [0.05, 0.1) is 17.7 Å². The van der Waals surface area contributed by atoms with Crippen LogP contribution in [0.2, 0.25) is 0 Å². The van der Waals surface area contributed by atoms with Crippen LogP contribution in [0, 0.1) is 0 Å². The van der Waals surface area contributed by atoms with Gasteiger partial charge in [-0.2, -0.15) is 0 Å². The molecule has 0 aliphatic carbocycles. The molecule has 0 amide bonds. The molecule has 0 aliphatic rings. The lowest BCUT2D eigenvalue weighted by Gasteiger charge is -2.28. The van der Waals surface area contributed by atoms with Gasteiger partial charge in [-0.3, -0.25) is 0 Å². The fourth-order valence-electron chi connectivity index (χ4n) is 1.34. The summed E-state index contributed by atoms with van der Waals surface area (Å²) < 4.78 is 5.32. The van der Waals surface area contributed by atoms with Crippen molar-refractivity contribution in [3.63, 3.8) is 0 Å². The van der Waals surface area contributed by atoms with Crippen LogP contribution >= 0.6 is 11.6 Å². The Hall–Kier alpha value is -0.590. The molecule has 6 heteroatoms. The number of hydrogen-bond acceptors (Lipinski definition) is 5. The van der Waals surface area contributed by atoms with Gasteiger partial charge in [0, 0.05) is 0 Å². The van der Waals surface area contributed by atoms with Gasteiger partial charge >= 0.3 is 0 Å². The van der Waals surface area contributed by atoms with Gasteiger partial charge in [-0.1, -0.05) is 24.6 Å². The van der Waals surface area contributed by atoms with Crippen LogP contribution in [-0.2, 0) is 4.74 Å². The van der Waals surface area contributed by atoms with E-state index in [1.807, 2.05) is 13.0 Å². The standard InChI is InChI=1S/C13H23ClO5/c1-4-5-6-10(14)9(3)19-11(7-15)13(18)12(17)8(2)16/h5-6,8,11-13,15-18H,4,7H2,1-3H3/b6-5-,10-9+/t8-,11+,12+,13+/m0/s1. The maximum Gasteiger partial charge on any atom is 0.150 e. The molecule has 19 heavy (non-hydrogen) atoms. The molecule has 4 N–H and O–H groups in total. The van der Waals surface area contributed by atoms with E-state index in [0.29, 0.717) is 10.8 Å². The fourth-order valence-corrected chi connectivity index (χ4v) is 1.48. The molecule has 0 rings (SSSR count). The van der Waals surface area contributed by atoms with Gasteiger partial charge in [-0.15, -0.1) is 0 Å². The maximum absolute atomic E-state index is 9.78. The lowest BCUT2D eigenvalue weighted by molar-refractivity contribution is -0.118. The molecule has 112 valence electrons. The third-order valence-corrected chi connectivity index (χ3v) is 2.96. The van der Waals surface area contributed by atoms with Crippen LogP contribution in [0.3, 0.4) is 0 Å². The summed E-state index contributed by atoms with van der Waals surface area (Å²) in [4.78, 5) is 0. The predicted molar refractivity (Wildman–Crippen MR) is 73.6 cm³/mol. The minimum absolute atomic E-state index is 0.322. The van der Waals surface area contributed by atoms with E-state index in [1.54, 1.807) is 13.0 Å². The minimum atomic E-state index is -1.42. The molecule has 0 aromatic heterocycles. The Balaban J connectivity index is 4.76. The molecule has 0 saturated heterocycles. The molecule has 0 bridgehead atoms. The number of rotatable bonds is 8. The Labute approximate surface area is 118 Å². The normalized spacial score (nSPS) is 19.8. The molecule has 0 aliphatic heterocycles. The second-order valence-electron chi connectivity index (χ2n) is 4.28. The first-order valence-corrected chi connectivity index (χ1v) is 6.57. The number of allylic oxidation sites excluding steroid dienone is 4. The van der Waals surface area contributed by atoms with E-state index in [9.17, 15) is 20.4 Å². The van der Waals surface area contributed by atoms with Crippen molar-refractivity contribution in [3.8, 4) is 0 Å². The third-order valence-electron chi connectivity index (χ3n) is 2.57. The van der Waals surface area contributed by atoms with Crippen molar-refractivity contribution in [2.75, 3.05) is 6.61 Å². The summed E-state index contributed by atoms with van der Waals surface area (Å²) in [5.41, 5.74) is 0. The van der Waals surface area contributed by atoms with Gasteiger partial charge in [0.25, 0.3) is 0 Å². The van der Waals surface area contributed by atoms with Crippen molar-refractivity contribution in [2.24, 2.45) is 0 Å². The Morgan fingerprint density at radius 3 is 2.26 bits per heavy atom. The largest absolute Gasteiger partial charge is 0.488 e. The highest BCUT2D eigenvalue weighted by Gasteiger charge is 2.30. The molecule has 0 fully saturated rings. The van der Waals surface area contributed by atoms with E-state index in [-0.39, 0.29) is 0 Å². The van der Waals surface area contributed by atoms with Crippen LogP contribution in [0.1, 0.15) is 27.2 Å². The fraction of sp³-hybridized carbons (Fsp3) is 0.692. The zero-order valence-electron chi connectivity index (χ0n) is 11.5. The molecule has 0 radical (unpaired) electrons. The first kappa shape index (κ1) is 18.4. The second-order valence-corrected chi connectivity index (χ2v) is 4.68. The second kappa shape index (κ2) is 9.34. The Bertz CT molecular complexity index is 314. The molecule has 0 heterocycles. The van der Waals surface area contributed by atoms with Gasteiger partial charge in [-0.25, -0.2) is 0 Å². The van der Waals surface area contributed by atoms with Crippen LogP contribution in [0.25, 0.3) is 0 Å². The van der Waals surface area contributed by atoms with E-state index < -0.39 is 31.0 Å². The average molecular weight is 295 g/mol. The van der Waals surface area contributed by atoms with Gasteiger partial charge in [0.15, 0.2) is 0 Å². The third kappa shape index (κ3) is 6.40.